The minimum Gasteiger partial charge on any atom is -0.335 e. The third-order valence-corrected chi connectivity index (χ3v) is 4.63. The van der Waals surface area contributed by atoms with E-state index in [0.29, 0.717) is 43.0 Å². The Bertz CT molecular complexity index is 999. The fraction of sp³-hybridized carbons (Fsp3) is 0.211. The first-order valence-electron chi connectivity index (χ1n) is 8.79. The summed E-state index contributed by atoms with van der Waals surface area (Å²) in [6.07, 6.45) is 1.46. The van der Waals surface area contributed by atoms with Crippen molar-refractivity contribution < 1.29 is 14.0 Å². The summed E-state index contributed by atoms with van der Waals surface area (Å²) in [5.41, 5.74) is 1.53. The van der Waals surface area contributed by atoms with E-state index >= 15 is 0 Å². The summed E-state index contributed by atoms with van der Waals surface area (Å²) in [5.74, 6) is -0.790. The van der Waals surface area contributed by atoms with E-state index in [1.807, 2.05) is 6.07 Å². The lowest BCUT2D eigenvalue weighted by Gasteiger charge is -2.35. The molecule has 2 aromatic carbocycles. The average Bonchev–Trinajstić information content (AvgIpc) is 3.28. The highest BCUT2D eigenvalue weighted by Crippen LogP contribution is 2.15. The van der Waals surface area contributed by atoms with Crippen molar-refractivity contribution in [2.24, 2.45) is 0 Å². The van der Waals surface area contributed by atoms with Gasteiger partial charge in [0.1, 0.15) is 12.1 Å². The lowest BCUT2D eigenvalue weighted by Crippen LogP contribution is -2.50. The summed E-state index contributed by atoms with van der Waals surface area (Å²) in [5, 5.41) is 11.0. The van der Waals surface area contributed by atoms with Crippen molar-refractivity contribution in [1.29, 1.82) is 0 Å². The van der Waals surface area contributed by atoms with Crippen LogP contribution in [-0.2, 0) is 0 Å². The first kappa shape index (κ1) is 17.8. The van der Waals surface area contributed by atoms with Gasteiger partial charge in [-0.2, -0.15) is 0 Å². The van der Waals surface area contributed by atoms with Crippen LogP contribution in [0.5, 0.6) is 0 Å². The Morgan fingerprint density at radius 1 is 0.857 bits per heavy atom. The summed E-state index contributed by atoms with van der Waals surface area (Å²) in [6, 6.07) is 12.7. The Hall–Kier alpha value is -3.62. The molecular formula is C19H17FN6O2. The highest BCUT2D eigenvalue weighted by molar-refractivity contribution is 5.96. The van der Waals surface area contributed by atoms with Gasteiger partial charge in [0.15, 0.2) is 0 Å². The molecule has 0 bridgehead atoms. The van der Waals surface area contributed by atoms with Crippen LogP contribution in [0, 0.1) is 5.82 Å². The third kappa shape index (κ3) is 3.59. The SMILES string of the molecule is O=C(c1cccc(F)c1)N1CCN(C(=O)c2cccc(-n3cnnn3)c2)CC1. The second kappa shape index (κ2) is 7.55. The van der Waals surface area contributed by atoms with E-state index in [1.165, 1.54) is 29.2 Å². The van der Waals surface area contributed by atoms with E-state index in [2.05, 4.69) is 15.5 Å². The standard InChI is InChI=1S/C19H17FN6O2/c20-16-5-1-3-14(11-16)18(27)24-7-9-25(10-8-24)19(28)15-4-2-6-17(12-15)26-13-21-22-23-26/h1-6,11-13H,7-10H2. The van der Waals surface area contributed by atoms with Gasteiger partial charge in [-0.3, -0.25) is 9.59 Å². The van der Waals surface area contributed by atoms with E-state index in [0.717, 1.165) is 0 Å². The molecular weight excluding hydrogens is 363 g/mol. The van der Waals surface area contributed by atoms with E-state index < -0.39 is 5.82 Å². The Labute approximate surface area is 160 Å². The van der Waals surface area contributed by atoms with Crippen LogP contribution in [0.25, 0.3) is 5.69 Å². The van der Waals surface area contributed by atoms with Gasteiger partial charge < -0.3 is 9.80 Å². The predicted octanol–water partition coefficient (Wildman–Crippen LogP) is 1.40. The van der Waals surface area contributed by atoms with Crippen molar-refractivity contribution in [2.75, 3.05) is 26.2 Å². The molecule has 1 fully saturated rings. The van der Waals surface area contributed by atoms with Crippen LogP contribution >= 0.6 is 0 Å². The highest BCUT2D eigenvalue weighted by Gasteiger charge is 2.25. The van der Waals surface area contributed by atoms with Gasteiger partial charge in [-0.1, -0.05) is 12.1 Å². The number of amides is 2. The van der Waals surface area contributed by atoms with Crippen LogP contribution in [0.3, 0.4) is 0 Å². The fourth-order valence-corrected chi connectivity index (χ4v) is 3.16. The molecule has 3 aromatic rings. The zero-order valence-corrected chi connectivity index (χ0v) is 14.9. The number of aromatic nitrogens is 4. The molecule has 0 spiro atoms. The minimum atomic E-state index is -0.442. The minimum absolute atomic E-state index is 0.118. The van der Waals surface area contributed by atoms with Gasteiger partial charge in [-0.25, -0.2) is 9.07 Å². The molecule has 0 atom stereocenters. The number of piperazine rings is 1. The quantitative estimate of drug-likeness (QED) is 0.686. The molecule has 1 aliphatic heterocycles. The molecule has 8 nitrogen and oxygen atoms in total. The van der Waals surface area contributed by atoms with Crippen LogP contribution < -0.4 is 0 Å². The van der Waals surface area contributed by atoms with Crippen molar-refractivity contribution in [2.45, 2.75) is 0 Å². The fourth-order valence-electron chi connectivity index (χ4n) is 3.16. The number of hydrogen-bond acceptors (Lipinski definition) is 5. The summed E-state index contributed by atoms with van der Waals surface area (Å²) in [7, 11) is 0. The van der Waals surface area contributed by atoms with E-state index in [-0.39, 0.29) is 11.8 Å². The normalized spacial score (nSPS) is 14.2. The molecule has 2 amide bonds. The van der Waals surface area contributed by atoms with E-state index in [9.17, 15) is 14.0 Å². The van der Waals surface area contributed by atoms with Crippen molar-refractivity contribution in [3.63, 3.8) is 0 Å². The first-order chi connectivity index (χ1) is 13.6. The Kier molecular flexibility index (Phi) is 4.79. The monoisotopic (exact) mass is 380 g/mol. The molecule has 28 heavy (non-hydrogen) atoms. The molecule has 1 aromatic heterocycles. The molecule has 142 valence electrons. The summed E-state index contributed by atoms with van der Waals surface area (Å²) in [4.78, 5) is 28.7. The number of rotatable bonds is 3. The second-order valence-electron chi connectivity index (χ2n) is 6.40. The molecule has 9 heteroatoms. The van der Waals surface area contributed by atoms with Gasteiger partial charge in [0.2, 0.25) is 0 Å². The summed E-state index contributed by atoms with van der Waals surface area (Å²) < 4.78 is 14.8. The van der Waals surface area contributed by atoms with E-state index in [4.69, 9.17) is 0 Å². The second-order valence-corrected chi connectivity index (χ2v) is 6.40. The number of tetrazole rings is 1. The van der Waals surface area contributed by atoms with Gasteiger partial charge in [0.05, 0.1) is 5.69 Å². The predicted molar refractivity (Wildman–Crippen MR) is 97.4 cm³/mol. The largest absolute Gasteiger partial charge is 0.335 e. The Morgan fingerprint density at radius 2 is 1.46 bits per heavy atom. The van der Waals surface area contributed by atoms with Crippen molar-refractivity contribution in [3.05, 3.63) is 71.8 Å². The van der Waals surface area contributed by atoms with Gasteiger partial charge in [-0.05, 0) is 46.8 Å². The first-order valence-corrected chi connectivity index (χ1v) is 8.79. The van der Waals surface area contributed by atoms with Crippen molar-refractivity contribution >= 4 is 11.8 Å². The topological polar surface area (TPSA) is 84.2 Å². The van der Waals surface area contributed by atoms with Crippen molar-refractivity contribution in [3.8, 4) is 5.69 Å². The lowest BCUT2D eigenvalue weighted by atomic mass is 10.1. The maximum Gasteiger partial charge on any atom is 0.254 e. The molecule has 0 unspecified atom stereocenters. The summed E-state index contributed by atoms with van der Waals surface area (Å²) in [6.45, 7) is 1.62. The molecule has 1 saturated heterocycles. The Morgan fingerprint density at radius 3 is 2.04 bits per heavy atom. The average molecular weight is 380 g/mol. The number of carbonyl (C=O) groups is 2. The molecule has 0 N–H and O–H groups in total. The zero-order valence-electron chi connectivity index (χ0n) is 14.9. The smallest absolute Gasteiger partial charge is 0.254 e. The number of benzene rings is 2. The maximum atomic E-state index is 13.3. The van der Waals surface area contributed by atoms with Crippen LogP contribution in [0.15, 0.2) is 54.9 Å². The molecule has 4 rings (SSSR count). The molecule has 1 aliphatic rings. The number of halogens is 1. The van der Waals surface area contributed by atoms with Gasteiger partial charge in [-0.15, -0.1) is 5.10 Å². The van der Waals surface area contributed by atoms with E-state index in [1.54, 1.807) is 34.1 Å². The Balaban J connectivity index is 1.42. The molecule has 2 heterocycles. The van der Waals surface area contributed by atoms with Gasteiger partial charge in [0, 0.05) is 37.3 Å². The molecule has 0 aliphatic carbocycles. The van der Waals surface area contributed by atoms with Crippen molar-refractivity contribution in [1.82, 2.24) is 30.0 Å². The number of carbonyl (C=O) groups excluding carboxylic acids is 2. The van der Waals surface area contributed by atoms with Crippen LogP contribution in [0.4, 0.5) is 4.39 Å². The summed E-state index contributed by atoms with van der Waals surface area (Å²) >= 11 is 0. The molecule has 0 saturated carbocycles. The maximum absolute atomic E-state index is 13.3. The molecule has 0 radical (unpaired) electrons. The third-order valence-electron chi connectivity index (χ3n) is 4.63. The number of nitrogens with zero attached hydrogens (tertiary/aromatic N) is 6. The van der Waals surface area contributed by atoms with Crippen LogP contribution in [0.1, 0.15) is 20.7 Å². The highest BCUT2D eigenvalue weighted by atomic mass is 19.1. The van der Waals surface area contributed by atoms with Gasteiger partial charge in [0.25, 0.3) is 11.8 Å². The van der Waals surface area contributed by atoms with Gasteiger partial charge >= 0.3 is 0 Å². The van der Waals surface area contributed by atoms with Crippen LogP contribution in [0.2, 0.25) is 0 Å². The zero-order chi connectivity index (χ0) is 19.5. The number of hydrogen-bond donors (Lipinski definition) is 0. The van der Waals surface area contributed by atoms with Crippen LogP contribution in [-0.4, -0.2) is 68.0 Å². The lowest BCUT2D eigenvalue weighted by molar-refractivity contribution is 0.0535.